The number of carboxylic acid groups (broad SMARTS) is 1. The molecule has 1 aromatic carbocycles. The fourth-order valence-corrected chi connectivity index (χ4v) is 2.44. The maximum atomic E-state index is 11.4. The van der Waals surface area contributed by atoms with E-state index in [0.717, 1.165) is 11.8 Å². The van der Waals surface area contributed by atoms with Crippen molar-refractivity contribution in [3.05, 3.63) is 53.2 Å². The highest BCUT2D eigenvalue weighted by Crippen LogP contribution is 2.28. The van der Waals surface area contributed by atoms with Crippen LogP contribution in [0.1, 0.15) is 18.3 Å². The van der Waals surface area contributed by atoms with Gasteiger partial charge in [0.2, 0.25) is 5.16 Å². The van der Waals surface area contributed by atoms with Crippen LogP contribution in [0.5, 0.6) is 5.75 Å². The van der Waals surface area contributed by atoms with Gasteiger partial charge in [0.1, 0.15) is 18.2 Å². The highest BCUT2D eigenvalue weighted by atomic mass is 32.2. The molecule has 0 spiro atoms. The topological polar surface area (TPSA) is 90.9 Å². The van der Waals surface area contributed by atoms with Crippen LogP contribution in [-0.2, 0) is 11.2 Å². The Labute approximate surface area is 138 Å². The molecule has 23 heavy (non-hydrogen) atoms. The van der Waals surface area contributed by atoms with Crippen molar-refractivity contribution < 1.29 is 14.6 Å². The van der Waals surface area contributed by atoms with Crippen LogP contribution in [0.25, 0.3) is 6.08 Å². The number of carbonyl (C=O) groups excluding carboxylic acids is 1. The molecule has 0 amide bonds. The fourth-order valence-electron chi connectivity index (χ4n) is 1.73. The zero-order valence-corrected chi connectivity index (χ0v) is 13.4. The molecule has 2 aromatic rings. The number of thioether (sulfide) groups is 1. The van der Waals surface area contributed by atoms with E-state index >= 15 is 0 Å². The molecule has 0 aliphatic heterocycles. The van der Waals surface area contributed by atoms with Crippen LogP contribution in [-0.4, -0.2) is 27.8 Å². The number of carbonyl (C=O) groups is 1. The number of rotatable bonds is 8. The quantitative estimate of drug-likeness (QED) is 0.451. The van der Waals surface area contributed by atoms with Gasteiger partial charge in [0.15, 0.2) is 0 Å². The summed E-state index contributed by atoms with van der Waals surface area (Å²) in [5.74, 6) is -0.0349. The summed E-state index contributed by atoms with van der Waals surface area (Å²) in [5, 5.41) is 18.4. The van der Waals surface area contributed by atoms with Gasteiger partial charge in [-0.05, 0) is 23.9 Å². The van der Waals surface area contributed by atoms with Gasteiger partial charge in [-0.25, -0.2) is 4.98 Å². The third-order valence-electron chi connectivity index (χ3n) is 2.81. The number of nitrogens with one attached hydrogen (secondary N) is 1. The van der Waals surface area contributed by atoms with Gasteiger partial charge >= 0.3 is 0 Å². The molecule has 0 saturated carbocycles. The lowest BCUT2D eigenvalue weighted by molar-refractivity contribution is -0.297. The first-order chi connectivity index (χ1) is 11.1. The first kappa shape index (κ1) is 16.8. The molecule has 2 rings (SSSR count). The summed E-state index contributed by atoms with van der Waals surface area (Å²) in [4.78, 5) is 15.6. The maximum Gasteiger partial charge on any atom is 0.213 e. The number of nitrogens with zero attached hydrogens (tertiary/aromatic N) is 2. The van der Waals surface area contributed by atoms with E-state index in [9.17, 15) is 9.90 Å². The molecule has 7 heteroatoms. The standard InChI is InChI=1S/C16H17N3O3S/c1-3-9-22-12-8-6-5-7-11(12)10-13(15(20)21)23-16-17-14(4-2)18-19-16/h3,5-8,10H,1,4,9H2,2H3,(H,20,21)(H,17,18,19)/p-1/b13-10-. The van der Waals surface area contributed by atoms with Gasteiger partial charge in [-0.2, -0.15) is 0 Å². The van der Waals surface area contributed by atoms with Crippen molar-refractivity contribution in [3.8, 4) is 5.75 Å². The second kappa shape index (κ2) is 8.19. The Balaban J connectivity index is 2.28. The number of hydrogen-bond donors (Lipinski definition) is 1. The lowest BCUT2D eigenvalue weighted by Gasteiger charge is -2.10. The lowest BCUT2D eigenvalue weighted by atomic mass is 10.2. The normalized spacial score (nSPS) is 11.3. The Morgan fingerprint density at radius 3 is 2.91 bits per heavy atom. The maximum absolute atomic E-state index is 11.4. The predicted octanol–water partition coefficient (Wildman–Crippen LogP) is 1.81. The monoisotopic (exact) mass is 330 g/mol. The molecule has 120 valence electrons. The third-order valence-corrected chi connectivity index (χ3v) is 3.68. The largest absolute Gasteiger partial charge is 0.544 e. The fraction of sp³-hybridized carbons (Fsp3) is 0.188. The van der Waals surface area contributed by atoms with Gasteiger partial charge in [0.25, 0.3) is 0 Å². The minimum Gasteiger partial charge on any atom is -0.544 e. The van der Waals surface area contributed by atoms with Gasteiger partial charge in [0, 0.05) is 16.9 Å². The Kier molecular flexibility index (Phi) is 5.99. The molecular formula is C16H16N3O3S-. The van der Waals surface area contributed by atoms with E-state index in [1.807, 2.05) is 13.0 Å². The summed E-state index contributed by atoms with van der Waals surface area (Å²) in [6, 6.07) is 7.13. The number of hydrogen-bond acceptors (Lipinski definition) is 6. The number of aryl methyl sites for hydroxylation is 1. The summed E-state index contributed by atoms with van der Waals surface area (Å²) in [6.07, 6.45) is 3.80. The molecule has 0 aliphatic rings. The molecule has 0 bridgehead atoms. The number of aromatic amines is 1. The molecule has 0 saturated heterocycles. The van der Waals surface area contributed by atoms with Crippen molar-refractivity contribution in [3.63, 3.8) is 0 Å². The average Bonchev–Trinajstić information content (AvgIpc) is 3.01. The van der Waals surface area contributed by atoms with Crippen molar-refractivity contribution in [2.45, 2.75) is 18.5 Å². The number of aromatic nitrogens is 3. The number of carboxylic acids is 1. The molecule has 0 aliphatic carbocycles. The molecular weight excluding hydrogens is 314 g/mol. The van der Waals surface area contributed by atoms with Crippen molar-refractivity contribution >= 4 is 23.8 Å². The van der Waals surface area contributed by atoms with Gasteiger partial charge in [-0.3, -0.25) is 5.10 Å². The van der Waals surface area contributed by atoms with Gasteiger partial charge in [0.05, 0.1) is 5.97 Å². The van der Waals surface area contributed by atoms with Crippen LogP contribution in [0.2, 0.25) is 0 Å². The number of para-hydroxylation sites is 1. The lowest BCUT2D eigenvalue weighted by Crippen LogP contribution is -2.23. The number of aliphatic carboxylic acids is 1. The predicted molar refractivity (Wildman–Crippen MR) is 86.7 cm³/mol. The number of ether oxygens (including phenoxy) is 1. The zero-order valence-electron chi connectivity index (χ0n) is 12.6. The van der Waals surface area contributed by atoms with Crippen LogP contribution in [0.15, 0.2) is 47.0 Å². The van der Waals surface area contributed by atoms with Crippen molar-refractivity contribution in [1.29, 1.82) is 0 Å². The number of H-pyrrole nitrogens is 1. The second-order valence-corrected chi connectivity index (χ2v) is 5.46. The summed E-state index contributed by atoms with van der Waals surface area (Å²) in [6.45, 7) is 5.85. The smallest absolute Gasteiger partial charge is 0.213 e. The van der Waals surface area contributed by atoms with E-state index in [1.165, 1.54) is 6.08 Å². The van der Waals surface area contributed by atoms with Crippen LogP contribution in [0.4, 0.5) is 0 Å². The van der Waals surface area contributed by atoms with Crippen molar-refractivity contribution in [2.75, 3.05) is 6.61 Å². The highest BCUT2D eigenvalue weighted by Gasteiger charge is 2.09. The molecule has 0 fully saturated rings. The van der Waals surface area contributed by atoms with E-state index in [2.05, 4.69) is 21.8 Å². The molecule has 0 unspecified atom stereocenters. The Morgan fingerprint density at radius 1 is 1.48 bits per heavy atom. The third kappa shape index (κ3) is 4.72. The average molecular weight is 330 g/mol. The molecule has 1 N–H and O–H groups in total. The molecule has 6 nitrogen and oxygen atoms in total. The van der Waals surface area contributed by atoms with Crippen molar-refractivity contribution in [1.82, 2.24) is 15.2 Å². The summed E-state index contributed by atoms with van der Waals surface area (Å²) >= 11 is 0.930. The van der Waals surface area contributed by atoms with E-state index in [4.69, 9.17) is 4.74 Å². The van der Waals surface area contributed by atoms with Gasteiger partial charge in [-0.1, -0.05) is 37.8 Å². The highest BCUT2D eigenvalue weighted by molar-refractivity contribution is 8.04. The first-order valence-electron chi connectivity index (χ1n) is 6.99. The molecule has 1 heterocycles. The summed E-state index contributed by atoms with van der Waals surface area (Å²) in [5.41, 5.74) is 0.632. The van der Waals surface area contributed by atoms with E-state index in [-0.39, 0.29) is 4.91 Å². The zero-order chi connectivity index (χ0) is 16.7. The van der Waals surface area contributed by atoms with E-state index in [1.54, 1.807) is 24.3 Å². The second-order valence-electron chi connectivity index (χ2n) is 4.45. The SMILES string of the molecule is C=CCOc1ccccc1/C=C(\Sc1n[nH]c(CC)n1)C(=O)[O-]. The number of benzene rings is 1. The van der Waals surface area contributed by atoms with E-state index < -0.39 is 5.97 Å². The Bertz CT molecular complexity index is 725. The van der Waals surface area contributed by atoms with Crippen molar-refractivity contribution in [2.24, 2.45) is 0 Å². The van der Waals surface area contributed by atoms with E-state index in [0.29, 0.717) is 35.3 Å². The summed E-state index contributed by atoms with van der Waals surface area (Å²) < 4.78 is 5.52. The van der Waals surface area contributed by atoms with Gasteiger partial charge in [-0.15, -0.1) is 5.10 Å². The first-order valence-corrected chi connectivity index (χ1v) is 7.80. The van der Waals surface area contributed by atoms with Crippen LogP contribution >= 0.6 is 11.8 Å². The van der Waals surface area contributed by atoms with Crippen LogP contribution < -0.4 is 9.84 Å². The minimum atomic E-state index is -1.30. The van der Waals surface area contributed by atoms with Crippen LogP contribution in [0, 0.1) is 0 Å². The molecule has 0 radical (unpaired) electrons. The Morgan fingerprint density at radius 2 is 2.26 bits per heavy atom. The summed E-state index contributed by atoms with van der Waals surface area (Å²) in [7, 11) is 0. The van der Waals surface area contributed by atoms with Gasteiger partial charge < -0.3 is 14.6 Å². The molecule has 1 aromatic heterocycles. The van der Waals surface area contributed by atoms with Crippen LogP contribution in [0.3, 0.4) is 0 Å². The molecule has 0 atom stereocenters. The minimum absolute atomic E-state index is 0.00121. The Hall–Kier alpha value is -2.54.